The molecule has 19 heavy (non-hydrogen) atoms. The first-order valence-electron chi connectivity index (χ1n) is 7.89. The number of hydrogen-bond acceptors (Lipinski definition) is 1. The van der Waals surface area contributed by atoms with Gasteiger partial charge in [0.25, 0.3) is 0 Å². The lowest BCUT2D eigenvalue weighted by Crippen LogP contribution is -2.27. The third-order valence-electron chi connectivity index (χ3n) is 4.79. The maximum atomic E-state index is 3.76. The summed E-state index contributed by atoms with van der Waals surface area (Å²) in [5.74, 6) is 0.906. The molecule has 0 aliphatic heterocycles. The Hall–Kier alpha value is -0.820. The maximum absolute atomic E-state index is 3.76. The fourth-order valence-electron chi connectivity index (χ4n) is 3.29. The maximum Gasteiger partial charge on any atom is 0.0294 e. The lowest BCUT2D eigenvalue weighted by atomic mass is 9.89. The molecule has 0 heterocycles. The van der Waals surface area contributed by atoms with Gasteiger partial charge < -0.3 is 5.32 Å². The van der Waals surface area contributed by atoms with E-state index < -0.39 is 0 Å². The van der Waals surface area contributed by atoms with Gasteiger partial charge >= 0.3 is 0 Å². The summed E-state index contributed by atoms with van der Waals surface area (Å²) in [5.41, 5.74) is 5.71. The van der Waals surface area contributed by atoms with Crippen molar-refractivity contribution < 1.29 is 0 Å². The van der Waals surface area contributed by atoms with Crippen LogP contribution in [0.3, 0.4) is 0 Å². The van der Waals surface area contributed by atoms with Crippen LogP contribution in [0.25, 0.3) is 0 Å². The van der Waals surface area contributed by atoms with Gasteiger partial charge in [-0.1, -0.05) is 31.4 Å². The van der Waals surface area contributed by atoms with Gasteiger partial charge in [0, 0.05) is 6.04 Å². The van der Waals surface area contributed by atoms with Crippen LogP contribution in [-0.4, -0.2) is 6.54 Å². The summed E-state index contributed by atoms with van der Waals surface area (Å²) in [4.78, 5) is 0. The molecule has 1 atom stereocenters. The number of benzene rings is 1. The van der Waals surface area contributed by atoms with E-state index in [0.29, 0.717) is 6.04 Å². The molecule has 0 bridgehead atoms. The van der Waals surface area contributed by atoms with Crippen LogP contribution in [0.5, 0.6) is 0 Å². The number of aryl methyl sites for hydroxylation is 3. The monoisotopic (exact) mass is 259 g/mol. The standard InChI is InChI=1S/C18H29N/c1-13-10-15(3)18(11-14(13)2)16(4)19-12-17-8-6-5-7-9-17/h10-11,16-17,19H,5-9,12H2,1-4H3. The Kier molecular flexibility index (Phi) is 5.04. The van der Waals surface area contributed by atoms with E-state index in [-0.39, 0.29) is 0 Å². The third-order valence-corrected chi connectivity index (χ3v) is 4.79. The molecule has 1 unspecified atom stereocenters. The van der Waals surface area contributed by atoms with Crippen molar-refractivity contribution in [1.29, 1.82) is 0 Å². The van der Waals surface area contributed by atoms with E-state index in [0.717, 1.165) is 5.92 Å². The van der Waals surface area contributed by atoms with Crippen molar-refractivity contribution in [2.45, 2.75) is 65.8 Å². The summed E-state index contributed by atoms with van der Waals surface area (Å²) in [6.07, 6.45) is 7.16. The van der Waals surface area contributed by atoms with Crippen LogP contribution >= 0.6 is 0 Å². The zero-order valence-electron chi connectivity index (χ0n) is 13.1. The van der Waals surface area contributed by atoms with Gasteiger partial charge in [-0.2, -0.15) is 0 Å². The van der Waals surface area contributed by atoms with E-state index in [9.17, 15) is 0 Å². The summed E-state index contributed by atoms with van der Waals surface area (Å²) in [5, 5.41) is 3.76. The van der Waals surface area contributed by atoms with Crippen LogP contribution in [-0.2, 0) is 0 Å². The fraction of sp³-hybridized carbons (Fsp3) is 0.667. The smallest absolute Gasteiger partial charge is 0.0294 e. The highest BCUT2D eigenvalue weighted by Crippen LogP contribution is 2.25. The van der Waals surface area contributed by atoms with Crippen molar-refractivity contribution >= 4 is 0 Å². The molecule has 1 fully saturated rings. The minimum Gasteiger partial charge on any atom is -0.310 e. The van der Waals surface area contributed by atoms with Gasteiger partial charge in [-0.05, 0) is 75.3 Å². The van der Waals surface area contributed by atoms with Gasteiger partial charge in [0.1, 0.15) is 0 Å². The molecule has 0 spiro atoms. The molecule has 1 nitrogen and oxygen atoms in total. The summed E-state index contributed by atoms with van der Waals surface area (Å²) < 4.78 is 0. The second-order valence-corrected chi connectivity index (χ2v) is 6.43. The zero-order chi connectivity index (χ0) is 13.8. The molecule has 1 aliphatic rings. The molecule has 1 N–H and O–H groups in total. The van der Waals surface area contributed by atoms with Crippen molar-refractivity contribution in [3.63, 3.8) is 0 Å². The first kappa shape index (κ1) is 14.6. The molecule has 1 aromatic rings. The molecule has 2 rings (SSSR count). The summed E-state index contributed by atoms with van der Waals surface area (Å²) in [7, 11) is 0. The summed E-state index contributed by atoms with van der Waals surface area (Å²) >= 11 is 0. The Morgan fingerprint density at radius 1 is 1.00 bits per heavy atom. The van der Waals surface area contributed by atoms with Crippen molar-refractivity contribution in [3.8, 4) is 0 Å². The van der Waals surface area contributed by atoms with E-state index in [2.05, 4.69) is 45.1 Å². The fourth-order valence-corrected chi connectivity index (χ4v) is 3.29. The highest BCUT2D eigenvalue weighted by Gasteiger charge is 2.15. The van der Waals surface area contributed by atoms with E-state index in [4.69, 9.17) is 0 Å². The van der Waals surface area contributed by atoms with Crippen molar-refractivity contribution in [2.24, 2.45) is 5.92 Å². The molecule has 0 aromatic heterocycles. The Labute approximate surface area is 118 Å². The van der Waals surface area contributed by atoms with Gasteiger partial charge in [0.05, 0.1) is 0 Å². The van der Waals surface area contributed by atoms with Crippen LogP contribution in [0.4, 0.5) is 0 Å². The summed E-state index contributed by atoms with van der Waals surface area (Å²) in [6, 6.07) is 5.16. The van der Waals surface area contributed by atoms with Crippen molar-refractivity contribution in [1.82, 2.24) is 5.32 Å². The van der Waals surface area contributed by atoms with Gasteiger partial charge in [-0.15, -0.1) is 0 Å². The first-order chi connectivity index (χ1) is 9.08. The molecule has 1 saturated carbocycles. The Balaban J connectivity index is 1.95. The minimum absolute atomic E-state index is 0.473. The molecule has 0 radical (unpaired) electrons. The normalized spacial score (nSPS) is 18.5. The van der Waals surface area contributed by atoms with E-state index in [1.54, 1.807) is 0 Å². The quantitative estimate of drug-likeness (QED) is 0.815. The molecule has 1 aromatic carbocycles. The predicted octanol–water partition coefficient (Wildman–Crippen LogP) is 4.84. The Bertz CT molecular complexity index is 416. The van der Waals surface area contributed by atoms with Crippen molar-refractivity contribution in [3.05, 3.63) is 34.4 Å². The van der Waals surface area contributed by atoms with Gasteiger partial charge in [0.2, 0.25) is 0 Å². The van der Waals surface area contributed by atoms with E-state index in [1.807, 2.05) is 0 Å². The average Bonchev–Trinajstić information content (AvgIpc) is 2.41. The van der Waals surface area contributed by atoms with Gasteiger partial charge in [-0.25, -0.2) is 0 Å². The van der Waals surface area contributed by atoms with E-state index >= 15 is 0 Å². The molecule has 1 heteroatoms. The lowest BCUT2D eigenvalue weighted by molar-refractivity contribution is 0.331. The van der Waals surface area contributed by atoms with Gasteiger partial charge in [0.15, 0.2) is 0 Å². The highest BCUT2D eigenvalue weighted by atomic mass is 14.9. The third kappa shape index (κ3) is 3.82. The summed E-state index contributed by atoms with van der Waals surface area (Å²) in [6.45, 7) is 10.1. The topological polar surface area (TPSA) is 12.0 Å². The Morgan fingerprint density at radius 3 is 2.32 bits per heavy atom. The SMILES string of the molecule is Cc1cc(C)c(C(C)NCC2CCCCC2)cc1C. The van der Waals surface area contributed by atoms with Crippen LogP contribution in [0, 0.1) is 26.7 Å². The average molecular weight is 259 g/mol. The predicted molar refractivity (Wildman–Crippen MR) is 83.6 cm³/mol. The largest absolute Gasteiger partial charge is 0.310 e. The van der Waals surface area contributed by atoms with Crippen molar-refractivity contribution in [2.75, 3.05) is 6.54 Å². The van der Waals surface area contributed by atoms with Crippen LogP contribution in [0.2, 0.25) is 0 Å². The molecule has 1 aliphatic carbocycles. The van der Waals surface area contributed by atoms with Gasteiger partial charge in [-0.3, -0.25) is 0 Å². The second kappa shape index (κ2) is 6.56. The molecular formula is C18H29N. The molecule has 106 valence electrons. The lowest BCUT2D eigenvalue weighted by Gasteiger charge is -2.25. The van der Waals surface area contributed by atoms with E-state index in [1.165, 1.54) is 60.9 Å². The Morgan fingerprint density at radius 2 is 1.63 bits per heavy atom. The molecule has 0 amide bonds. The van der Waals surface area contributed by atoms with Crippen LogP contribution < -0.4 is 5.32 Å². The minimum atomic E-state index is 0.473. The number of rotatable bonds is 4. The van der Waals surface area contributed by atoms with Crippen LogP contribution in [0.15, 0.2) is 12.1 Å². The number of hydrogen-bond donors (Lipinski definition) is 1. The number of nitrogens with one attached hydrogen (secondary N) is 1. The second-order valence-electron chi connectivity index (χ2n) is 6.43. The van der Waals surface area contributed by atoms with Crippen LogP contribution in [0.1, 0.15) is 67.3 Å². The molecule has 0 saturated heterocycles. The molecular weight excluding hydrogens is 230 g/mol. The first-order valence-corrected chi connectivity index (χ1v) is 7.89. The highest BCUT2D eigenvalue weighted by molar-refractivity contribution is 5.37. The zero-order valence-corrected chi connectivity index (χ0v) is 13.1.